The van der Waals surface area contributed by atoms with Gasteiger partial charge in [-0.3, -0.25) is 0 Å². The van der Waals surface area contributed by atoms with Crippen LogP contribution in [-0.4, -0.2) is 39.0 Å². The Kier molecular flexibility index (Phi) is 4.26. The van der Waals surface area contributed by atoms with E-state index in [1.165, 1.54) is 13.4 Å². The minimum atomic E-state index is -2.92. The fraction of sp³-hybridized carbons (Fsp3) is 0.583. The lowest BCUT2D eigenvalue weighted by atomic mass is 10.2. The number of carbonyl (C=O) groups is 1. The van der Waals surface area contributed by atoms with Gasteiger partial charge in [0.05, 0.1) is 30.7 Å². The normalized spacial score (nSPS) is 22.1. The molecule has 2 heterocycles. The van der Waals surface area contributed by atoms with E-state index in [-0.39, 0.29) is 17.5 Å². The van der Waals surface area contributed by atoms with E-state index in [1.807, 2.05) is 0 Å². The van der Waals surface area contributed by atoms with Crippen molar-refractivity contribution in [3.8, 4) is 0 Å². The number of hydrogen-bond acceptors (Lipinski definition) is 6. The van der Waals surface area contributed by atoms with Crippen molar-refractivity contribution in [2.45, 2.75) is 25.4 Å². The number of hydrogen-bond donors (Lipinski definition) is 1. The number of methoxy groups -OCH3 is 1. The van der Waals surface area contributed by atoms with Gasteiger partial charge in [0.15, 0.2) is 9.84 Å². The van der Waals surface area contributed by atoms with Crippen molar-refractivity contribution < 1.29 is 22.4 Å². The Bertz CT molecular complexity index is 548. The van der Waals surface area contributed by atoms with Crippen LogP contribution in [0.5, 0.6) is 0 Å². The molecule has 1 fully saturated rings. The highest BCUT2D eigenvalue weighted by atomic mass is 32.2. The van der Waals surface area contributed by atoms with Crippen LogP contribution < -0.4 is 5.32 Å². The minimum Gasteiger partial charge on any atom is -0.467 e. The predicted molar refractivity (Wildman–Crippen MR) is 68.6 cm³/mol. The van der Waals surface area contributed by atoms with E-state index in [0.29, 0.717) is 24.3 Å². The second-order valence-electron chi connectivity index (χ2n) is 4.63. The molecule has 0 aromatic carbocycles. The first-order chi connectivity index (χ1) is 9.00. The van der Waals surface area contributed by atoms with Crippen LogP contribution in [0.15, 0.2) is 16.7 Å². The number of esters is 1. The number of ether oxygens (including phenoxy) is 1. The first kappa shape index (κ1) is 14.1. The molecule has 2 rings (SSSR count). The van der Waals surface area contributed by atoms with Crippen LogP contribution in [0.25, 0.3) is 0 Å². The lowest BCUT2D eigenvalue weighted by molar-refractivity contribution is 0.0600. The molecule has 1 aliphatic rings. The highest BCUT2D eigenvalue weighted by Crippen LogP contribution is 2.14. The minimum absolute atomic E-state index is 0.0505. The summed E-state index contributed by atoms with van der Waals surface area (Å²) in [7, 11) is -1.61. The highest BCUT2D eigenvalue weighted by Gasteiger charge is 2.24. The van der Waals surface area contributed by atoms with Gasteiger partial charge < -0.3 is 14.5 Å². The van der Waals surface area contributed by atoms with E-state index < -0.39 is 15.8 Å². The summed E-state index contributed by atoms with van der Waals surface area (Å²) in [5.41, 5.74) is 0.357. The molecule has 0 aliphatic carbocycles. The lowest BCUT2D eigenvalue weighted by Gasteiger charge is -2.22. The topological polar surface area (TPSA) is 85.6 Å². The average Bonchev–Trinajstić information content (AvgIpc) is 2.83. The van der Waals surface area contributed by atoms with Crippen molar-refractivity contribution in [2.75, 3.05) is 18.6 Å². The average molecular weight is 287 g/mol. The molecule has 7 heteroatoms. The fourth-order valence-corrected chi connectivity index (χ4v) is 3.80. The summed E-state index contributed by atoms with van der Waals surface area (Å²) in [6, 6.07) is 1.54. The van der Waals surface area contributed by atoms with Gasteiger partial charge in [0.2, 0.25) is 0 Å². The Hall–Kier alpha value is -1.34. The molecule has 6 nitrogen and oxygen atoms in total. The Balaban J connectivity index is 1.88. The van der Waals surface area contributed by atoms with Gasteiger partial charge in [-0.2, -0.15) is 0 Å². The molecule has 19 heavy (non-hydrogen) atoms. The molecule has 0 saturated carbocycles. The number of sulfone groups is 1. The van der Waals surface area contributed by atoms with E-state index in [9.17, 15) is 13.2 Å². The maximum absolute atomic E-state index is 11.5. The molecule has 1 N–H and O–H groups in total. The zero-order valence-corrected chi connectivity index (χ0v) is 11.5. The van der Waals surface area contributed by atoms with Gasteiger partial charge in [0, 0.05) is 6.04 Å². The predicted octanol–water partition coefficient (Wildman–Crippen LogP) is 0.733. The molecule has 106 valence electrons. The summed E-state index contributed by atoms with van der Waals surface area (Å²) in [6.45, 7) is 0.400. The van der Waals surface area contributed by atoms with Crippen LogP contribution >= 0.6 is 0 Å². The third-order valence-electron chi connectivity index (χ3n) is 3.10. The van der Waals surface area contributed by atoms with Crippen LogP contribution in [0.3, 0.4) is 0 Å². The number of rotatable bonds is 4. The molecule has 1 aromatic rings. The van der Waals surface area contributed by atoms with Crippen molar-refractivity contribution in [1.29, 1.82) is 0 Å². The highest BCUT2D eigenvalue weighted by molar-refractivity contribution is 7.91. The molecule has 1 unspecified atom stereocenters. The van der Waals surface area contributed by atoms with Gasteiger partial charge in [0.1, 0.15) is 12.0 Å². The van der Waals surface area contributed by atoms with Crippen LogP contribution in [0, 0.1) is 0 Å². The summed E-state index contributed by atoms with van der Waals surface area (Å²) >= 11 is 0. The lowest BCUT2D eigenvalue weighted by Crippen LogP contribution is -2.39. The van der Waals surface area contributed by atoms with Gasteiger partial charge in [-0.25, -0.2) is 13.2 Å². The van der Waals surface area contributed by atoms with Crippen molar-refractivity contribution in [3.05, 3.63) is 23.7 Å². The zero-order valence-electron chi connectivity index (χ0n) is 10.7. The third kappa shape index (κ3) is 3.81. The Labute approximate surface area is 112 Å². The summed E-state index contributed by atoms with van der Waals surface area (Å²) in [5, 5.41) is 3.14. The molecule has 1 aliphatic heterocycles. The molecule has 0 amide bonds. The molecule has 1 aromatic heterocycles. The van der Waals surface area contributed by atoms with E-state index in [1.54, 1.807) is 6.07 Å². The molecule has 1 saturated heterocycles. The summed E-state index contributed by atoms with van der Waals surface area (Å²) in [4.78, 5) is 11.2. The Morgan fingerprint density at radius 1 is 1.58 bits per heavy atom. The second-order valence-corrected chi connectivity index (χ2v) is 6.86. The smallest absolute Gasteiger partial charge is 0.341 e. The molecule has 0 radical (unpaired) electrons. The third-order valence-corrected chi connectivity index (χ3v) is 4.92. The second kappa shape index (κ2) is 5.75. The zero-order chi connectivity index (χ0) is 13.9. The maximum Gasteiger partial charge on any atom is 0.341 e. The van der Waals surface area contributed by atoms with Crippen molar-refractivity contribution in [3.63, 3.8) is 0 Å². The number of furan rings is 1. The molecular weight excluding hydrogens is 270 g/mol. The van der Waals surface area contributed by atoms with Gasteiger partial charge in [-0.05, 0) is 18.9 Å². The molecule has 0 spiro atoms. The van der Waals surface area contributed by atoms with Crippen LogP contribution in [0.4, 0.5) is 0 Å². The Morgan fingerprint density at radius 2 is 2.37 bits per heavy atom. The number of nitrogens with one attached hydrogen (secondary N) is 1. The molecular formula is C12H17NO5S. The van der Waals surface area contributed by atoms with Crippen molar-refractivity contribution in [2.24, 2.45) is 0 Å². The SMILES string of the molecule is COC(=O)c1coc(CNC2CCCS(=O)(=O)C2)c1. The maximum atomic E-state index is 11.5. The van der Waals surface area contributed by atoms with Gasteiger partial charge in [0.25, 0.3) is 0 Å². The summed E-state index contributed by atoms with van der Waals surface area (Å²) in [6.07, 6.45) is 2.86. The van der Waals surface area contributed by atoms with Gasteiger partial charge >= 0.3 is 5.97 Å². The first-order valence-corrected chi connectivity index (χ1v) is 7.92. The van der Waals surface area contributed by atoms with Gasteiger partial charge in [-0.15, -0.1) is 0 Å². The quantitative estimate of drug-likeness (QED) is 0.822. The van der Waals surface area contributed by atoms with Crippen LogP contribution in [-0.2, 0) is 21.1 Å². The van der Waals surface area contributed by atoms with E-state index >= 15 is 0 Å². The number of carbonyl (C=O) groups excluding carboxylic acids is 1. The van der Waals surface area contributed by atoms with Crippen molar-refractivity contribution in [1.82, 2.24) is 5.32 Å². The van der Waals surface area contributed by atoms with E-state index in [0.717, 1.165) is 6.42 Å². The standard InChI is InChI=1S/C12H17NO5S/c1-17-12(14)9-5-11(18-7-9)6-13-10-3-2-4-19(15,16)8-10/h5,7,10,13H,2-4,6,8H2,1H3. The summed E-state index contributed by atoms with van der Waals surface area (Å²) in [5.74, 6) is 0.578. The van der Waals surface area contributed by atoms with Crippen molar-refractivity contribution >= 4 is 15.8 Å². The molecule has 0 bridgehead atoms. The molecule has 1 atom stereocenters. The monoisotopic (exact) mass is 287 g/mol. The summed E-state index contributed by atoms with van der Waals surface area (Å²) < 4.78 is 32.8. The van der Waals surface area contributed by atoms with E-state index in [2.05, 4.69) is 10.1 Å². The van der Waals surface area contributed by atoms with Gasteiger partial charge in [-0.1, -0.05) is 0 Å². The largest absolute Gasteiger partial charge is 0.467 e. The van der Waals surface area contributed by atoms with Crippen LogP contribution in [0.1, 0.15) is 29.0 Å². The first-order valence-electron chi connectivity index (χ1n) is 6.10. The Morgan fingerprint density at radius 3 is 3.05 bits per heavy atom. The van der Waals surface area contributed by atoms with E-state index in [4.69, 9.17) is 4.42 Å². The van der Waals surface area contributed by atoms with Crippen LogP contribution in [0.2, 0.25) is 0 Å². The fourth-order valence-electron chi connectivity index (χ4n) is 2.13.